The van der Waals surface area contributed by atoms with Crippen LogP contribution in [0.5, 0.6) is 11.5 Å². The van der Waals surface area contributed by atoms with Gasteiger partial charge in [0.05, 0.1) is 12.3 Å². The van der Waals surface area contributed by atoms with E-state index in [2.05, 4.69) is 16.2 Å². The summed E-state index contributed by atoms with van der Waals surface area (Å²) in [5, 5.41) is 4.42. The summed E-state index contributed by atoms with van der Waals surface area (Å²) in [7, 11) is 1.95. The minimum Gasteiger partial charge on any atom is -0.494 e. The minimum atomic E-state index is 0.0788. The summed E-state index contributed by atoms with van der Waals surface area (Å²) in [6.07, 6.45) is 2.08. The molecule has 4 rings (SSSR count). The normalized spacial score (nSPS) is 14.3. The van der Waals surface area contributed by atoms with Crippen LogP contribution in [0.4, 0.5) is 0 Å². The quantitative estimate of drug-likeness (QED) is 0.526. The number of rotatable bonds is 8. The van der Waals surface area contributed by atoms with Crippen molar-refractivity contribution < 1.29 is 14.3 Å². The topological polar surface area (TPSA) is 59.8 Å². The molecule has 0 atom stereocenters. The van der Waals surface area contributed by atoms with Gasteiger partial charge in [0, 0.05) is 57.1 Å². The molecular formula is C26H32N4O3. The van der Waals surface area contributed by atoms with Crippen molar-refractivity contribution in [2.24, 2.45) is 7.05 Å². The van der Waals surface area contributed by atoms with E-state index >= 15 is 0 Å². The van der Waals surface area contributed by atoms with Crippen molar-refractivity contribution in [3.63, 3.8) is 0 Å². The molecule has 1 aliphatic heterocycles. The van der Waals surface area contributed by atoms with Crippen LogP contribution in [0, 0.1) is 6.92 Å². The van der Waals surface area contributed by atoms with Crippen LogP contribution in [0.2, 0.25) is 0 Å². The highest BCUT2D eigenvalue weighted by Crippen LogP contribution is 2.19. The maximum Gasteiger partial charge on any atom is 0.253 e. The Kier molecular flexibility index (Phi) is 7.29. The molecule has 0 spiro atoms. The smallest absolute Gasteiger partial charge is 0.253 e. The molecule has 1 aliphatic rings. The number of hydrogen-bond donors (Lipinski definition) is 0. The molecular weight excluding hydrogens is 416 g/mol. The van der Waals surface area contributed by atoms with Crippen molar-refractivity contribution in [2.75, 3.05) is 32.8 Å². The number of hydrogen-bond acceptors (Lipinski definition) is 5. The summed E-state index contributed by atoms with van der Waals surface area (Å²) in [6, 6.07) is 15.3. The van der Waals surface area contributed by atoms with Gasteiger partial charge < -0.3 is 14.4 Å². The molecule has 33 heavy (non-hydrogen) atoms. The molecule has 0 radical (unpaired) electrons. The highest BCUT2D eigenvalue weighted by Gasteiger charge is 2.23. The number of ether oxygens (including phenoxy) is 2. The first kappa shape index (κ1) is 22.9. The van der Waals surface area contributed by atoms with Crippen LogP contribution in [-0.4, -0.2) is 58.3 Å². The molecule has 0 aliphatic carbocycles. The van der Waals surface area contributed by atoms with Gasteiger partial charge in [-0.05, 0) is 55.8 Å². The van der Waals surface area contributed by atoms with Gasteiger partial charge in [-0.1, -0.05) is 12.1 Å². The Morgan fingerprint density at radius 3 is 2.33 bits per heavy atom. The zero-order valence-corrected chi connectivity index (χ0v) is 19.7. The highest BCUT2D eigenvalue weighted by atomic mass is 16.5. The third kappa shape index (κ3) is 5.93. The van der Waals surface area contributed by atoms with Crippen LogP contribution in [0.25, 0.3) is 0 Å². The number of aryl methyl sites for hydroxylation is 2. The fourth-order valence-electron chi connectivity index (χ4n) is 4.10. The SMILES string of the molecule is CCOc1ccc(OCc2cccc(C(=O)N3CCN(Cc4cn(C)nc4C)CC3)c2)cc1. The third-order valence-electron chi connectivity index (χ3n) is 5.88. The first-order valence-electron chi connectivity index (χ1n) is 11.5. The molecule has 0 unspecified atom stereocenters. The zero-order chi connectivity index (χ0) is 23.2. The number of carbonyl (C=O) groups excluding carboxylic acids is 1. The van der Waals surface area contributed by atoms with Crippen LogP contribution in [0.15, 0.2) is 54.7 Å². The maximum atomic E-state index is 13.1. The predicted molar refractivity (Wildman–Crippen MR) is 128 cm³/mol. The largest absolute Gasteiger partial charge is 0.494 e. The molecule has 3 aromatic rings. The van der Waals surface area contributed by atoms with Gasteiger partial charge in [-0.2, -0.15) is 5.10 Å². The van der Waals surface area contributed by atoms with Gasteiger partial charge in [0.25, 0.3) is 5.91 Å². The molecule has 7 nitrogen and oxygen atoms in total. The van der Waals surface area contributed by atoms with E-state index in [-0.39, 0.29) is 5.91 Å². The molecule has 2 heterocycles. The second kappa shape index (κ2) is 10.5. The van der Waals surface area contributed by atoms with Gasteiger partial charge in [0.2, 0.25) is 0 Å². The van der Waals surface area contributed by atoms with Gasteiger partial charge >= 0.3 is 0 Å². The minimum absolute atomic E-state index is 0.0788. The van der Waals surface area contributed by atoms with Crippen molar-refractivity contribution >= 4 is 5.91 Å². The Morgan fingerprint density at radius 2 is 1.70 bits per heavy atom. The molecule has 1 amide bonds. The summed E-state index contributed by atoms with van der Waals surface area (Å²) in [5.41, 5.74) is 4.00. The highest BCUT2D eigenvalue weighted by molar-refractivity contribution is 5.94. The summed E-state index contributed by atoms with van der Waals surface area (Å²) in [4.78, 5) is 17.4. The third-order valence-corrected chi connectivity index (χ3v) is 5.88. The summed E-state index contributed by atoms with van der Waals surface area (Å²) < 4.78 is 13.2. The van der Waals surface area contributed by atoms with Gasteiger partial charge in [-0.3, -0.25) is 14.4 Å². The van der Waals surface area contributed by atoms with Gasteiger partial charge in [-0.15, -0.1) is 0 Å². The molecule has 7 heteroatoms. The van der Waals surface area contributed by atoms with E-state index < -0.39 is 0 Å². The Bertz CT molecular complexity index is 1070. The van der Waals surface area contributed by atoms with E-state index in [0.717, 1.165) is 55.5 Å². The Hall–Kier alpha value is -3.32. The zero-order valence-electron chi connectivity index (χ0n) is 19.7. The molecule has 174 valence electrons. The molecule has 1 aromatic heterocycles. The molecule has 0 bridgehead atoms. The number of carbonyl (C=O) groups is 1. The molecule has 2 aromatic carbocycles. The number of aromatic nitrogens is 2. The first-order valence-corrected chi connectivity index (χ1v) is 11.5. The fourth-order valence-corrected chi connectivity index (χ4v) is 4.10. The second-order valence-corrected chi connectivity index (χ2v) is 8.38. The van der Waals surface area contributed by atoms with Gasteiger partial charge in [0.15, 0.2) is 0 Å². The summed E-state index contributed by atoms with van der Waals surface area (Å²) in [5.74, 6) is 1.68. The maximum absolute atomic E-state index is 13.1. The lowest BCUT2D eigenvalue weighted by molar-refractivity contribution is 0.0628. The van der Waals surface area contributed by atoms with Gasteiger partial charge in [-0.25, -0.2) is 0 Å². The number of nitrogens with zero attached hydrogens (tertiary/aromatic N) is 4. The number of amides is 1. The average molecular weight is 449 g/mol. The Labute approximate surface area is 195 Å². The van der Waals surface area contributed by atoms with Crippen molar-refractivity contribution in [1.82, 2.24) is 19.6 Å². The molecule has 1 saturated heterocycles. The van der Waals surface area contributed by atoms with Crippen molar-refractivity contribution in [2.45, 2.75) is 27.0 Å². The number of piperazine rings is 1. The number of benzene rings is 2. The van der Waals surface area contributed by atoms with Crippen LogP contribution in [0.3, 0.4) is 0 Å². The molecule has 1 fully saturated rings. The van der Waals surface area contributed by atoms with E-state index in [1.807, 2.05) is 79.0 Å². The van der Waals surface area contributed by atoms with Crippen LogP contribution < -0.4 is 9.47 Å². The second-order valence-electron chi connectivity index (χ2n) is 8.38. The van der Waals surface area contributed by atoms with Crippen molar-refractivity contribution in [3.05, 3.63) is 77.1 Å². The lowest BCUT2D eigenvalue weighted by Gasteiger charge is -2.34. The van der Waals surface area contributed by atoms with Gasteiger partial charge in [0.1, 0.15) is 18.1 Å². The monoisotopic (exact) mass is 448 g/mol. The first-order chi connectivity index (χ1) is 16.0. The van der Waals surface area contributed by atoms with Crippen LogP contribution >= 0.6 is 0 Å². The van der Waals surface area contributed by atoms with Crippen molar-refractivity contribution in [1.29, 1.82) is 0 Å². The summed E-state index contributed by atoms with van der Waals surface area (Å²) >= 11 is 0. The van der Waals surface area contributed by atoms with E-state index in [0.29, 0.717) is 18.8 Å². The Balaban J connectivity index is 1.30. The fraction of sp³-hybridized carbons (Fsp3) is 0.385. The Morgan fingerprint density at radius 1 is 1.00 bits per heavy atom. The van der Waals surface area contributed by atoms with Crippen LogP contribution in [0.1, 0.15) is 34.1 Å². The lowest BCUT2D eigenvalue weighted by Crippen LogP contribution is -2.48. The van der Waals surface area contributed by atoms with E-state index in [1.165, 1.54) is 5.56 Å². The van der Waals surface area contributed by atoms with E-state index in [1.54, 1.807) is 0 Å². The van der Waals surface area contributed by atoms with Crippen LogP contribution in [-0.2, 0) is 20.2 Å². The van der Waals surface area contributed by atoms with Crippen molar-refractivity contribution in [3.8, 4) is 11.5 Å². The average Bonchev–Trinajstić information content (AvgIpc) is 3.15. The van der Waals surface area contributed by atoms with E-state index in [9.17, 15) is 4.79 Å². The van der Waals surface area contributed by atoms with E-state index in [4.69, 9.17) is 9.47 Å². The summed E-state index contributed by atoms with van der Waals surface area (Å²) in [6.45, 7) is 9.11. The standard InChI is InChI=1S/C26H32N4O3/c1-4-32-24-8-10-25(11-9-24)33-19-21-6-5-7-22(16-21)26(31)30-14-12-29(13-15-30)18-23-17-28(3)27-20(23)2/h5-11,16-17H,4,12-15,18-19H2,1-3H3. The molecule has 0 saturated carbocycles. The lowest BCUT2D eigenvalue weighted by atomic mass is 10.1. The molecule has 0 N–H and O–H groups in total. The predicted octanol–water partition coefficient (Wildman–Crippen LogP) is 3.66.